The van der Waals surface area contributed by atoms with Gasteiger partial charge in [-0.1, -0.05) is 25.0 Å². The van der Waals surface area contributed by atoms with Gasteiger partial charge in [0.25, 0.3) is 5.56 Å². The molecule has 26 heavy (non-hydrogen) atoms. The summed E-state index contributed by atoms with van der Waals surface area (Å²) < 4.78 is 13.7. The fraction of sp³-hybridized carbons (Fsp3) is 0.421. The zero-order chi connectivity index (χ0) is 18.7. The Hall–Kier alpha value is -2.70. The van der Waals surface area contributed by atoms with Gasteiger partial charge in [0.15, 0.2) is 0 Å². The van der Waals surface area contributed by atoms with Gasteiger partial charge in [-0.15, -0.1) is 0 Å². The van der Waals surface area contributed by atoms with Gasteiger partial charge in [-0.3, -0.25) is 14.6 Å². The molecule has 6 nitrogen and oxygen atoms in total. The number of H-pyrrole nitrogens is 2. The zero-order valence-corrected chi connectivity index (χ0v) is 14.7. The van der Waals surface area contributed by atoms with Crippen LogP contribution in [0.3, 0.4) is 0 Å². The van der Waals surface area contributed by atoms with Crippen molar-refractivity contribution >= 4 is 5.91 Å². The highest BCUT2D eigenvalue weighted by Crippen LogP contribution is 2.31. The molecule has 138 valence electrons. The van der Waals surface area contributed by atoms with E-state index in [1.165, 1.54) is 12.1 Å². The average molecular weight is 359 g/mol. The maximum Gasteiger partial charge on any atom is 0.325 e. The van der Waals surface area contributed by atoms with E-state index in [1.54, 1.807) is 17.9 Å². The number of aromatic amines is 2. The van der Waals surface area contributed by atoms with Crippen LogP contribution in [-0.2, 0) is 11.2 Å². The second-order valence-electron chi connectivity index (χ2n) is 6.70. The Balaban J connectivity index is 1.90. The fourth-order valence-electron chi connectivity index (χ4n) is 3.56. The minimum absolute atomic E-state index is 0.0935. The Kier molecular flexibility index (Phi) is 5.35. The molecule has 0 saturated carbocycles. The van der Waals surface area contributed by atoms with Crippen molar-refractivity contribution in [3.05, 3.63) is 67.7 Å². The molecule has 0 bridgehead atoms. The Morgan fingerprint density at radius 1 is 1.23 bits per heavy atom. The summed E-state index contributed by atoms with van der Waals surface area (Å²) in [7, 11) is 0. The number of halogens is 1. The normalized spacial score (nSPS) is 17.8. The molecule has 7 heteroatoms. The third kappa shape index (κ3) is 3.92. The number of aryl methyl sites for hydroxylation is 1. The number of aromatic nitrogens is 2. The molecule has 1 saturated heterocycles. The molecule has 0 spiro atoms. The van der Waals surface area contributed by atoms with Crippen LogP contribution >= 0.6 is 0 Å². The Morgan fingerprint density at radius 3 is 2.77 bits per heavy atom. The predicted octanol–water partition coefficient (Wildman–Crippen LogP) is 2.20. The van der Waals surface area contributed by atoms with Crippen molar-refractivity contribution in [3.63, 3.8) is 0 Å². The van der Waals surface area contributed by atoms with Gasteiger partial charge in [-0.2, -0.15) is 0 Å². The zero-order valence-electron chi connectivity index (χ0n) is 14.7. The molecule has 1 aromatic carbocycles. The summed E-state index contributed by atoms with van der Waals surface area (Å²) >= 11 is 0. The van der Waals surface area contributed by atoms with E-state index in [0.717, 1.165) is 31.2 Å². The summed E-state index contributed by atoms with van der Waals surface area (Å²) in [6.07, 6.45) is 3.51. The number of carbonyl (C=O) groups is 1. The minimum Gasteiger partial charge on any atom is -0.335 e. The first-order valence-corrected chi connectivity index (χ1v) is 8.82. The monoisotopic (exact) mass is 359 g/mol. The predicted molar refractivity (Wildman–Crippen MR) is 95.4 cm³/mol. The van der Waals surface area contributed by atoms with Gasteiger partial charge >= 0.3 is 5.69 Å². The van der Waals surface area contributed by atoms with Crippen LogP contribution in [0.5, 0.6) is 0 Å². The molecule has 1 unspecified atom stereocenters. The van der Waals surface area contributed by atoms with E-state index in [9.17, 15) is 18.8 Å². The molecule has 3 rings (SSSR count). The molecule has 0 radical (unpaired) electrons. The third-order valence-electron chi connectivity index (χ3n) is 4.89. The molecule has 1 amide bonds. The van der Waals surface area contributed by atoms with Crippen molar-refractivity contribution in [2.75, 3.05) is 6.54 Å². The fourth-order valence-corrected chi connectivity index (χ4v) is 3.56. The summed E-state index contributed by atoms with van der Waals surface area (Å²) in [4.78, 5) is 42.8. The summed E-state index contributed by atoms with van der Waals surface area (Å²) in [6.45, 7) is 2.17. The smallest absolute Gasteiger partial charge is 0.325 e. The van der Waals surface area contributed by atoms with Crippen molar-refractivity contribution in [2.24, 2.45) is 0 Å². The molecular weight excluding hydrogens is 337 g/mol. The van der Waals surface area contributed by atoms with Crippen LogP contribution in [0.4, 0.5) is 4.39 Å². The standard InChI is InChI=1S/C19H22FN3O3/c1-12-15(18(25)22-19(26)21-12)11-17(24)23-9-4-2-3-8-16(23)13-6-5-7-14(20)10-13/h5-7,10,16H,2-4,8-9,11H2,1H3,(H2,21,22,25,26). The number of benzene rings is 1. The van der Waals surface area contributed by atoms with Gasteiger partial charge in [0, 0.05) is 17.8 Å². The first-order valence-electron chi connectivity index (χ1n) is 8.82. The van der Waals surface area contributed by atoms with Crippen LogP contribution in [0.25, 0.3) is 0 Å². The topological polar surface area (TPSA) is 86.0 Å². The van der Waals surface area contributed by atoms with Gasteiger partial charge in [-0.05, 0) is 37.5 Å². The highest BCUT2D eigenvalue weighted by molar-refractivity contribution is 5.79. The largest absolute Gasteiger partial charge is 0.335 e. The number of hydrogen-bond acceptors (Lipinski definition) is 3. The first kappa shape index (κ1) is 18.1. The maximum absolute atomic E-state index is 13.7. The molecule has 1 aliphatic rings. The molecule has 2 heterocycles. The number of amides is 1. The van der Waals surface area contributed by atoms with E-state index in [4.69, 9.17) is 0 Å². The van der Waals surface area contributed by atoms with E-state index >= 15 is 0 Å². The van der Waals surface area contributed by atoms with Gasteiger partial charge < -0.3 is 9.88 Å². The van der Waals surface area contributed by atoms with Crippen LogP contribution in [0.1, 0.15) is 48.5 Å². The molecule has 2 N–H and O–H groups in total. The summed E-state index contributed by atoms with van der Waals surface area (Å²) in [6, 6.07) is 6.12. The van der Waals surface area contributed by atoms with Crippen LogP contribution in [0.15, 0.2) is 33.9 Å². The number of hydrogen-bond donors (Lipinski definition) is 2. The summed E-state index contributed by atoms with van der Waals surface area (Å²) in [5.41, 5.74) is 0.293. The van der Waals surface area contributed by atoms with E-state index < -0.39 is 11.2 Å². The highest BCUT2D eigenvalue weighted by Gasteiger charge is 2.28. The lowest BCUT2D eigenvalue weighted by molar-refractivity contribution is -0.133. The van der Waals surface area contributed by atoms with E-state index in [1.807, 2.05) is 6.07 Å². The van der Waals surface area contributed by atoms with Crippen molar-refractivity contribution in [1.82, 2.24) is 14.9 Å². The molecular formula is C19H22FN3O3. The number of carbonyl (C=O) groups excluding carboxylic acids is 1. The Labute approximate surface area is 150 Å². The first-order chi connectivity index (χ1) is 12.5. The number of rotatable bonds is 3. The third-order valence-corrected chi connectivity index (χ3v) is 4.89. The molecule has 0 aliphatic carbocycles. The van der Waals surface area contributed by atoms with Crippen molar-refractivity contribution in [1.29, 1.82) is 0 Å². The number of nitrogens with zero attached hydrogens (tertiary/aromatic N) is 1. The van der Waals surface area contributed by atoms with E-state index in [2.05, 4.69) is 9.97 Å². The van der Waals surface area contributed by atoms with Gasteiger partial charge in [-0.25, -0.2) is 9.18 Å². The van der Waals surface area contributed by atoms with Crippen LogP contribution in [0.2, 0.25) is 0 Å². The van der Waals surface area contributed by atoms with Crippen molar-refractivity contribution in [3.8, 4) is 0 Å². The van der Waals surface area contributed by atoms with Crippen LogP contribution in [0, 0.1) is 12.7 Å². The quantitative estimate of drug-likeness (QED) is 0.881. The average Bonchev–Trinajstić information content (AvgIpc) is 2.84. The van der Waals surface area contributed by atoms with Gasteiger partial charge in [0.1, 0.15) is 5.82 Å². The van der Waals surface area contributed by atoms with Crippen molar-refractivity contribution in [2.45, 2.75) is 45.1 Å². The number of likely N-dealkylation sites (tertiary alicyclic amines) is 1. The Morgan fingerprint density at radius 2 is 2.04 bits per heavy atom. The molecule has 1 atom stereocenters. The summed E-state index contributed by atoms with van der Waals surface area (Å²) in [5, 5.41) is 0. The molecule has 1 fully saturated rings. The molecule has 2 aromatic rings. The maximum atomic E-state index is 13.7. The highest BCUT2D eigenvalue weighted by atomic mass is 19.1. The minimum atomic E-state index is -0.587. The lowest BCUT2D eigenvalue weighted by atomic mass is 10.00. The van der Waals surface area contributed by atoms with Crippen LogP contribution < -0.4 is 11.2 Å². The van der Waals surface area contributed by atoms with Crippen LogP contribution in [-0.4, -0.2) is 27.3 Å². The lowest BCUT2D eigenvalue weighted by Gasteiger charge is -2.30. The summed E-state index contributed by atoms with van der Waals surface area (Å²) in [5.74, 6) is -0.520. The van der Waals surface area contributed by atoms with Gasteiger partial charge in [0.05, 0.1) is 12.5 Å². The second kappa shape index (κ2) is 7.68. The molecule has 1 aliphatic heterocycles. The molecule has 1 aromatic heterocycles. The number of nitrogens with one attached hydrogen (secondary N) is 2. The van der Waals surface area contributed by atoms with E-state index in [-0.39, 0.29) is 29.8 Å². The Bertz CT molecular complexity index is 919. The van der Waals surface area contributed by atoms with Gasteiger partial charge in [0.2, 0.25) is 5.91 Å². The lowest BCUT2D eigenvalue weighted by Crippen LogP contribution is -2.38. The van der Waals surface area contributed by atoms with E-state index in [0.29, 0.717) is 12.2 Å². The second-order valence-corrected chi connectivity index (χ2v) is 6.70. The van der Waals surface area contributed by atoms with Crippen molar-refractivity contribution < 1.29 is 9.18 Å². The SMILES string of the molecule is Cc1[nH]c(=O)[nH]c(=O)c1CC(=O)N1CCCCCC1c1cccc(F)c1.